The molecule has 0 spiro atoms. The van der Waals surface area contributed by atoms with E-state index in [2.05, 4.69) is 25.5 Å². The molecule has 5 rings (SSSR count). The molecule has 2 saturated carbocycles. The number of rotatable bonds is 7. The predicted molar refractivity (Wildman–Crippen MR) is 121 cm³/mol. The average molecular weight is 447 g/mol. The van der Waals surface area contributed by atoms with Gasteiger partial charge in [0.05, 0.1) is 36.5 Å². The topological polar surface area (TPSA) is 148 Å². The predicted octanol–water partition coefficient (Wildman–Crippen LogP) is 3.41. The van der Waals surface area contributed by atoms with E-state index in [9.17, 15) is 0 Å². The van der Waals surface area contributed by atoms with E-state index in [4.69, 9.17) is 25.5 Å². The molecule has 0 bridgehead atoms. The minimum atomic E-state index is 0.0644. The molecule has 0 amide bonds. The van der Waals surface area contributed by atoms with Crippen molar-refractivity contribution in [2.75, 3.05) is 12.4 Å². The van der Waals surface area contributed by atoms with Crippen LogP contribution in [0.2, 0.25) is 0 Å². The number of ether oxygens (including phenoxy) is 2. The average Bonchev–Trinajstić information content (AvgIpc) is 3.41. The lowest BCUT2D eigenvalue weighted by molar-refractivity contribution is 0.207. The van der Waals surface area contributed by atoms with Gasteiger partial charge in [-0.1, -0.05) is 6.42 Å². The van der Waals surface area contributed by atoms with Crippen LogP contribution in [0.15, 0.2) is 24.5 Å². The SMILES string of the molecule is COc1cc(O[C@@H]2CC[C@H](N)C2)c(-c2cc(Nc3cnc(C#N)cn3)n[nH]2)c(C2CCC2)n1. The monoisotopic (exact) mass is 446 g/mol. The van der Waals surface area contributed by atoms with Gasteiger partial charge in [0.1, 0.15) is 23.7 Å². The first kappa shape index (κ1) is 21.2. The van der Waals surface area contributed by atoms with Gasteiger partial charge in [-0.15, -0.1) is 0 Å². The molecule has 3 aromatic heterocycles. The zero-order chi connectivity index (χ0) is 22.8. The van der Waals surface area contributed by atoms with Gasteiger partial charge in [-0.2, -0.15) is 10.4 Å². The highest BCUT2D eigenvalue weighted by Crippen LogP contribution is 2.45. The number of hydrogen-bond donors (Lipinski definition) is 3. The highest BCUT2D eigenvalue weighted by molar-refractivity contribution is 5.74. The highest BCUT2D eigenvalue weighted by Gasteiger charge is 2.31. The van der Waals surface area contributed by atoms with Gasteiger partial charge in [0, 0.05) is 24.1 Å². The second kappa shape index (κ2) is 9.03. The van der Waals surface area contributed by atoms with E-state index in [1.54, 1.807) is 7.11 Å². The van der Waals surface area contributed by atoms with Crippen LogP contribution in [0, 0.1) is 11.3 Å². The smallest absolute Gasteiger partial charge is 0.216 e. The first-order chi connectivity index (χ1) is 16.1. The Morgan fingerprint density at radius 2 is 2.03 bits per heavy atom. The van der Waals surface area contributed by atoms with Crippen molar-refractivity contribution in [1.29, 1.82) is 5.26 Å². The molecule has 2 aliphatic carbocycles. The van der Waals surface area contributed by atoms with Gasteiger partial charge >= 0.3 is 0 Å². The lowest BCUT2D eigenvalue weighted by Crippen LogP contribution is -2.20. The molecule has 2 aliphatic rings. The number of anilines is 2. The Labute approximate surface area is 191 Å². The summed E-state index contributed by atoms with van der Waals surface area (Å²) in [4.78, 5) is 13.0. The summed E-state index contributed by atoms with van der Waals surface area (Å²) < 4.78 is 12.0. The number of hydrogen-bond acceptors (Lipinski definition) is 9. The van der Waals surface area contributed by atoms with Crippen LogP contribution < -0.4 is 20.5 Å². The largest absolute Gasteiger partial charge is 0.489 e. The fourth-order valence-electron chi connectivity index (χ4n) is 4.32. The Balaban J connectivity index is 1.49. The van der Waals surface area contributed by atoms with Gasteiger partial charge in [0.2, 0.25) is 5.88 Å². The van der Waals surface area contributed by atoms with Crippen molar-refractivity contribution in [2.24, 2.45) is 5.73 Å². The summed E-state index contributed by atoms with van der Waals surface area (Å²) in [6.07, 6.45) is 9.05. The second-order valence-electron chi connectivity index (χ2n) is 8.55. The third-order valence-corrected chi connectivity index (χ3v) is 6.28. The van der Waals surface area contributed by atoms with E-state index >= 15 is 0 Å². The van der Waals surface area contributed by atoms with Crippen LogP contribution in [0.5, 0.6) is 11.6 Å². The molecular weight excluding hydrogens is 420 g/mol. The van der Waals surface area contributed by atoms with Crippen molar-refractivity contribution < 1.29 is 9.47 Å². The summed E-state index contributed by atoms with van der Waals surface area (Å²) in [5, 5.41) is 19.5. The van der Waals surface area contributed by atoms with Crippen molar-refractivity contribution in [2.45, 2.75) is 56.6 Å². The molecule has 2 fully saturated rings. The zero-order valence-electron chi connectivity index (χ0n) is 18.4. The summed E-state index contributed by atoms with van der Waals surface area (Å²) >= 11 is 0. The lowest BCUT2D eigenvalue weighted by atomic mass is 9.80. The number of nitrogens with zero attached hydrogens (tertiary/aromatic N) is 5. The Bertz CT molecular complexity index is 1170. The van der Waals surface area contributed by atoms with Crippen LogP contribution in [0.3, 0.4) is 0 Å². The third kappa shape index (κ3) is 4.45. The number of nitrogens with two attached hydrogens (primary N) is 1. The normalized spacial score (nSPS) is 20.2. The van der Waals surface area contributed by atoms with Crippen LogP contribution >= 0.6 is 0 Å². The standard InChI is InChI=1S/C23H26N8O2/c1-32-21-9-18(33-16-6-5-14(25)7-16)22(23(29-21)13-3-2-4-13)17-8-19(31-30-17)28-20-12-26-15(10-24)11-27-20/h8-9,11-14,16H,2-7,25H2,1H3,(H2,27,28,30,31)/t14-,16+/m0/s1. The Hall–Kier alpha value is -3.71. The van der Waals surface area contributed by atoms with Crippen molar-refractivity contribution in [3.8, 4) is 29.0 Å². The molecule has 170 valence electrons. The number of aromatic amines is 1. The Kier molecular flexibility index (Phi) is 5.79. The maximum Gasteiger partial charge on any atom is 0.216 e. The molecule has 2 atom stereocenters. The maximum absolute atomic E-state index is 8.90. The molecule has 4 N–H and O–H groups in total. The molecule has 3 aromatic rings. The van der Waals surface area contributed by atoms with E-state index < -0.39 is 0 Å². The molecule has 0 unspecified atom stereocenters. The summed E-state index contributed by atoms with van der Waals surface area (Å²) in [6.45, 7) is 0. The van der Waals surface area contributed by atoms with E-state index in [0.29, 0.717) is 23.4 Å². The van der Waals surface area contributed by atoms with Gasteiger partial charge in [-0.3, -0.25) is 5.10 Å². The van der Waals surface area contributed by atoms with E-state index in [-0.39, 0.29) is 17.8 Å². The molecule has 0 radical (unpaired) electrons. The van der Waals surface area contributed by atoms with Gasteiger partial charge in [-0.25, -0.2) is 15.0 Å². The van der Waals surface area contributed by atoms with Crippen molar-refractivity contribution >= 4 is 11.6 Å². The number of aromatic nitrogens is 5. The molecule has 0 aliphatic heterocycles. The van der Waals surface area contributed by atoms with Crippen molar-refractivity contribution in [3.63, 3.8) is 0 Å². The van der Waals surface area contributed by atoms with Gasteiger partial charge in [0.15, 0.2) is 11.5 Å². The summed E-state index contributed by atoms with van der Waals surface area (Å²) in [5.74, 6) is 2.70. The number of nitrogens with one attached hydrogen (secondary N) is 2. The second-order valence-corrected chi connectivity index (χ2v) is 8.55. The molecule has 3 heterocycles. The van der Waals surface area contributed by atoms with Gasteiger partial charge < -0.3 is 20.5 Å². The van der Waals surface area contributed by atoms with Crippen molar-refractivity contribution in [3.05, 3.63) is 35.9 Å². The minimum Gasteiger partial charge on any atom is -0.489 e. The first-order valence-corrected chi connectivity index (χ1v) is 11.2. The number of H-pyrrole nitrogens is 1. The van der Waals surface area contributed by atoms with E-state index in [1.165, 1.54) is 18.8 Å². The maximum atomic E-state index is 8.90. The number of methoxy groups -OCH3 is 1. The van der Waals surface area contributed by atoms with Crippen LogP contribution in [-0.2, 0) is 0 Å². The van der Waals surface area contributed by atoms with Crippen LogP contribution in [-0.4, -0.2) is 44.4 Å². The Morgan fingerprint density at radius 1 is 1.15 bits per heavy atom. The lowest BCUT2D eigenvalue weighted by Gasteiger charge is -2.28. The minimum absolute atomic E-state index is 0.0644. The number of nitriles is 1. The summed E-state index contributed by atoms with van der Waals surface area (Å²) in [6, 6.07) is 5.88. The summed E-state index contributed by atoms with van der Waals surface area (Å²) in [5.41, 5.74) is 9.05. The molecule has 0 aromatic carbocycles. The summed E-state index contributed by atoms with van der Waals surface area (Å²) in [7, 11) is 1.62. The Morgan fingerprint density at radius 3 is 2.67 bits per heavy atom. The van der Waals surface area contributed by atoms with Gasteiger partial charge in [0.25, 0.3) is 0 Å². The first-order valence-electron chi connectivity index (χ1n) is 11.2. The molecule has 10 nitrogen and oxygen atoms in total. The van der Waals surface area contributed by atoms with Crippen molar-refractivity contribution in [1.82, 2.24) is 25.1 Å². The van der Waals surface area contributed by atoms with Crippen LogP contribution in [0.1, 0.15) is 55.8 Å². The van der Waals surface area contributed by atoms with E-state index in [1.807, 2.05) is 18.2 Å². The fourth-order valence-corrected chi connectivity index (χ4v) is 4.32. The highest BCUT2D eigenvalue weighted by atomic mass is 16.5. The zero-order valence-corrected chi connectivity index (χ0v) is 18.4. The van der Waals surface area contributed by atoms with Crippen LogP contribution in [0.25, 0.3) is 11.3 Å². The fraction of sp³-hybridized carbons (Fsp3) is 0.435. The molecule has 10 heteroatoms. The van der Waals surface area contributed by atoms with E-state index in [0.717, 1.165) is 54.8 Å². The number of pyridine rings is 1. The van der Waals surface area contributed by atoms with Crippen LogP contribution in [0.4, 0.5) is 11.6 Å². The molecule has 33 heavy (non-hydrogen) atoms. The third-order valence-electron chi connectivity index (χ3n) is 6.28. The molecule has 0 saturated heterocycles. The van der Waals surface area contributed by atoms with Gasteiger partial charge in [-0.05, 0) is 32.1 Å². The quantitative estimate of drug-likeness (QED) is 0.496. The molecular formula is C23H26N8O2.